The van der Waals surface area contributed by atoms with E-state index in [4.69, 9.17) is 9.47 Å². The first kappa shape index (κ1) is 21.8. The maximum atomic E-state index is 12.2. The summed E-state index contributed by atoms with van der Waals surface area (Å²) in [5.74, 6) is 1.54. The number of anilines is 1. The van der Waals surface area contributed by atoms with E-state index in [-0.39, 0.29) is 5.91 Å². The molecular weight excluding hydrogens is 396 g/mol. The third-order valence-electron chi connectivity index (χ3n) is 4.64. The second-order valence-electron chi connectivity index (χ2n) is 7.22. The highest BCUT2D eigenvalue weighted by molar-refractivity contribution is 7.14. The van der Waals surface area contributed by atoms with Crippen LogP contribution in [0.1, 0.15) is 36.5 Å². The molecule has 0 aliphatic carbocycles. The van der Waals surface area contributed by atoms with Crippen molar-refractivity contribution in [1.82, 2.24) is 4.98 Å². The Morgan fingerprint density at radius 3 is 2.30 bits per heavy atom. The summed E-state index contributed by atoms with van der Waals surface area (Å²) in [6.07, 6.45) is 1.02. The Hall–Kier alpha value is -2.86. The Labute approximate surface area is 182 Å². The molecule has 1 amide bonds. The van der Waals surface area contributed by atoms with Crippen LogP contribution in [0.3, 0.4) is 0 Å². The van der Waals surface area contributed by atoms with Crippen LogP contribution in [0.2, 0.25) is 0 Å². The molecule has 3 rings (SSSR count). The van der Waals surface area contributed by atoms with Gasteiger partial charge in [0.15, 0.2) is 5.13 Å². The number of aryl methyl sites for hydroxylation is 3. The first-order chi connectivity index (χ1) is 14.5. The van der Waals surface area contributed by atoms with E-state index in [1.807, 2.05) is 36.6 Å². The summed E-state index contributed by atoms with van der Waals surface area (Å²) in [5.41, 5.74) is 5.68. The fraction of sp³-hybridized carbons (Fsp3) is 0.333. The summed E-state index contributed by atoms with van der Waals surface area (Å²) >= 11 is 1.45. The van der Waals surface area contributed by atoms with E-state index in [1.54, 1.807) is 0 Å². The smallest absolute Gasteiger partial charge is 0.226 e. The summed E-state index contributed by atoms with van der Waals surface area (Å²) in [6.45, 7) is 9.35. The maximum absolute atomic E-state index is 12.2. The van der Waals surface area contributed by atoms with E-state index in [9.17, 15) is 4.79 Å². The van der Waals surface area contributed by atoms with Crippen LogP contribution in [0.5, 0.6) is 11.5 Å². The fourth-order valence-corrected chi connectivity index (χ4v) is 4.15. The molecule has 1 heterocycles. The van der Waals surface area contributed by atoms with Crippen LogP contribution in [0.4, 0.5) is 5.13 Å². The Kier molecular flexibility index (Phi) is 7.46. The third-order valence-corrected chi connectivity index (χ3v) is 5.39. The predicted molar refractivity (Wildman–Crippen MR) is 123 cm³/mol. The largest absolute Gasteiger partial charge is 0.494 e. The number of nitrogens with one attached hydrogen (secondary N) is 1. The standard InChI is InChI=1S/C24H28N2O3S/c1-5-28-19-8-10-20(11-9-19)29-12-6-7-22(27)26-24-25-21(15-30-24)23-17(3)13-16(2)14-18(23)4/h8-11,13-15H,5-7,12H2,1-4H3,(H,25,26,27). The lowest BCUT2D eigenvalue weighted by Crippen LogP contribution is -2.12. The van der Waals surface area contributed by atoms with E-state index in [0.29, 0.717) is 31.2 Å². The molecule has 30 heavy (non-hydrogen) atoms. The molecule has 1 aromatic heterocycles. The van der Waals surface area contributed by atoms with Crippen LogP contribution in [-0.2, 0) is 4.79 Å². The number of rotatable bonds is 9. The monoisotopic (exact) mass is 424 g/mol. The van der Waals surface area contributed by atoms with Gasteiger partial charge in [0.2, 0.25) is 5.91 Å². The second-order valence-corrected chi connectivity index (χ2v) is 8.07. The molecule has 1 N–H and O–H groups in total. The highest BCUT2D eigenvalue weighted by atomic mass is 32.1. The summed E-state index contributed by atoms with van der Waals surface area (Å²) < 4.78 is 11.1. The van der Waals surface area contributed by atoms with Gasteiger partial charge in [0.1, 0.15) is 11.5 Å². The number of thiazole rings is 1. The molecule has 0 saturated carbocycles. The van der Waals surface area contributed by atoms with Gasteiger partial charge in [-0.25, -0.2) is 4.98 Å². The van der Waals surface area contributed by atoms with Crippen LogP contribution in [0.25, 0.3) is 11.3 Å². The van der Waals surface area contributed by atoms with Crippen LogP contribution >= 0.6 is 11.3 Å². The number of ether oxygens (including phenoxy) is 2. The van der Waals surface area contributed by atoms with Crippen LogP contribution in [0, 0.1) is 20.8 Å². The average Bonchev–Trinajstić information content (AvgIpc) is 3.13. The molecule has 3 aromatic rings. The molecule has 5 nitrogen and oxygen atoms in total. The number of hydrogen-bond donors (Lipinski definition) is 1. The highest BCUT2D eigenvalue weighted by Gasteiger charge is 2.12. The number of benzene rings is 2. The molecule has 0 saturated heterocycles. The van der Waals surface area contributed by atoms with Gasteiger partial charge in [-0.3, -0.25) is 4.79 Å². The van der Waals surface area contributed by atoms with Gasteiger partial charge in [-0.05, 0) is 69.5 Å². The van der Waals surface area contributed by atoms with Crippen molar-refractivity contribution in [2.75, 3.05) is 18.5 Å². The normalized spacial score (nSPS) is 10.7. The maximum Gasteiger partial charge on any atom is 0.226 e. The molecule has 0 atom stereocenters. The van der Waals surface area contributed by atoms with Gasteiger partial charge in [0.05, 0.1) is 18.9 Å². The van der Waals surface area contributed by atoms with Crippen LogP contribution in [0.15, 0.2) is 41.8 Å². The van der Waals surface area contributed by atoms with Crippen molar-refractivity contribution < 1.29 is 14.3 Å². The van der Waals surface area contributed by atoms with Gasteiger partial charge in [0.25, 0.3) is 0 Å². The average molecular weight is 425 g/mol. The van der Waals surface area contributed by atoms with Crippen molar-refractivity contribution in [3.63, 3.8) is 0 Å². The zero-order valence-electron chi connectivity index (χ0n) is 18.0. The molecule has 0 radical (unpaired) electrons. The number of hydrogen-bond acceptors (Lipinski definition) is 5. The molecule has 0 unspecified atom stereocenters. The van der Waals surface area contributed by atoms with Crippen LogP contribution in [-0.4, -0.2) is 24.1 Å². The van der Waals surface area contributed by atoms with Gasteiger partial charge >= 0.3 is 0 Å². The fourth-order valence-electron chi connectivity index (χ4n) is 3.43. The summed E-state index contributed by atoms with van der Waals surface area (Å²) in [6, 6.07) is 11.8. The molecule has 0 spiro atoms. The Balaban J connectivity index is 1.47. The molecule has 6 heteroatoms. The number of carbonyl (C=O) groups excluding carboxylic acids is 1. The number of nitrogens with zero attached hydrogens (tertiary/aromatic N) is 1. The van der Waals surface area contributed by atoms with Gasteiger partial charge < -0.3 is 14.8 Å². The van der Waals surface area contributed by atoms with Crippen molar-refractivity contribution in [3.05, 3.63) is 58.5 Å². The van der Waals surface area contributed by atoms with E-state index in [2.05, 4.69) is 43.2 Å². The van der Waals surface area contributed by atoms with E-state index >= 15 is 0 Å². The molecular formula is C24H28N2O3S. The number of carbonyl (C=O) groups is 1. The first-order valence-electron chi connectivity index (χ1n) is 10.2. The van der Waals surface area contributed by atoms with Crippen molar-refractivity contribution in [1.29, 1.82) is 0 Å². The van der Waals surface area contributed by atoms with E-state index in [0.717, 1.165) is 22.8 Å². The SMILES string of the molecule is CCOc1ccc(OCCCC(=O)Nc2nc(-c3c(C)cc(C)cc3C)cs2)cc1. The topological polar surface area (TPSA) is 60.5 Å². The highest BCUT2D eigenvalue weighted by Crippen LogP contribution is 2.31. The lowest BCUT2D eigenvalue weighted by Gasteiger charge is -2.09. The Bertz CT molecular complexity index is 973. The van der Waals surface area contributed by atoms with Crippen LogP contribution < -0.4 is 14.8 Å². The molecule has 0 fully saturated rings. The number of aromatic nitrogens is 1. The van der Waals surface area contributed by atoms with Crippen molar-refractivity contribution >= 4 is 22.4 Å². The zero-order chi connectivity index (χ0) is 21.5. The van der Waals surface area contributed by atoms with Gasteiger partial charge in [-0.1, -0.05) is 17.7 Å². The molecule has 158 valence electrons. The first-order valence-corrected chi connectivity index (χ1v) is 11.0. The lowest BCUT2D eigenvalue weighted by atomic mass is 9.98. The third kappa shape index (κ3) is 5.83. The van der Waals surface area contributed by atoms with E-state index in [1.165, 1.54) is 28.0 Å². The molecule has 0 aliphatic rings. The summed E-state index contributed by atoms with van der Waals surface area (Å²) in [4.78, 5) is 16.9. The number of amides is 1. The van der Waals surface area contributed by atoms with Gasteiger partial charge in [-0.2, -0.15) is 0 Å². The molecule has 0 bridgehead atoms. The quantitative estimate of drug-likeness (QED) is 0.432. The van der Waals surface area contributed by atoms with Crippen molar-refractivity contribution in [2.24, 2.45) is 0 Å². The Morgan fingerprint density at radius 1 is 1.03 bits per heavy atom. The summed E-state index contributed by atoms with van der Waals surface area (Å²) in [5, 5.41) is 5.52. The minimum atomic E-state index is -0.0523. The van der Waals surface area contributed by atoms with Crippen molar-refractivity contribution in [3.8, 4) is 22.8 Å². The lowest BCUT2D eigenvalue weighted by molar-refractivity contribution is -0.116. The predicted octanol–water partition coefficient (Wildman–Crippen LogP) is 5.93. The minimum absolute atomic E-state index is 0.0523. The minimum Gasteiger partial charge on any atom is -0.494 e. The van der Waals surface area contributed by atoms with Gasteiger partial charge in [0, 0.05) is 17.4 Å². The Morgan fingerprint density at radius 2 is 1.67 bits per heavy atom. The van der Waals surface area contributed by atoms with Crippen molar-refractivity contribution in [2.45, 2.75) is 40.5 Å². The molecule has 0 aliphatic heterocycles. The molecule has 2 aromatic carbocycles. The zero-order valence-corrected chi connectivity index (χ0v) is 18.8. The van der Waals surface area contributed by atoms with E-state index < -0.39 is 0 Å². The van der Waals surface area contributed by atoms with Gasteiger partial charge in [-0.15, -0.1) is 11.3 Å². The summed E-state index contributed by atoms with van der Waals surface area (Å²) in [7, 11) is 0. The second kappa shape index (κ2) is 10.3.